The van der Waals surface area contributed by atoms with Crippen LogP contribution in [0.4, 0.5) is 15.2 Å². The lowest BCUT2D eigenvalue weighted by molar-refractivity contribution is -0.146. The van der Waals surface area contributed by atoms with Gasteiger partial charge in [-0.3, -0.25) is 9.79 Å². The van der Waals surface area contributed by atoms with Crippen molar-refractivity contribution in [2.24, 2.45) is 10.9 Å². The monoisotopic (exact) mass is 521 g/mol. The van der Waals surface area contributed by atoms with Crippen molar-refractivity contribution in [2.45, 2.75) is 33.6 Å². The van der Waals surface area contributed by atoms with Crippen molar-refractivity contribution in [1.82, 2.24) is 4.98 Å². The molecule has 4 rings (SSSR count). The number of aromatic nitrogens is 1. The van der Waals surface area contributed by atoms with Crippen molar-refractivity contribution < 1.29 is 23.5 Å². The molecule has 0 aliphatic carbocycles. The number of nitrogens with zero attached hydrogens (tertiary/aromatic N) is 2. The Kier molecular flexibility index (Phi) is 8.13. The highest BCUT2D eigenvalue weighted by molar-refractivity contribution is 7.14. The fourth-order valence-electron chi connectivity index (χ4n) is 4.43. The van der Waals surface area contributed by atoms with E-state index < -0.39 is 23.8 Å². The third-order valence-corrected chi connectivity index (χ3v) is 6.76. The number of hydrogen-bond acceptors (Lipinski definition) is 8. The maximum atomic E-state index is 13.3. The lowest BCUT2D eigenvalue weighted by Crippen LogP contribution is -2.36. The van der Waals surface area contributed by atoms with Crippen molar-refractivity contribution >= 4 is 39.8 Å². The van der Waals surface area contributed by atoms with E-state index in [1.165, 1.54) is 23.5 Å². The highest BCUT2D eigenvalue weighted by Gasteiger charge is 2.42. The quantitative estimate of drug-likeness (QED) is 0.352. The number of allylic oxidation sites excluding steroid dienone is 1. The Morgan fingerprint density at radius 1 is 1.05 bits per heavy atom. The number of carbonyl (C=O) groups is 2. The van der Waals surface area contributed by atoms with Gasteiger partial charge in [0.05, 0.1) is 24.5 Å². The number of anilines is 2. The summed E-state index contributed by atoms with van der Waals surface area (Å²) >= 11 is 1.42. The molecule has 2 heterocycles. The minimum absolute atomic E-state index is 0.205. The molecule has 9 heteroatoms. The maximum absolute atomic E-state index is 13.3. The molecule has 0 bridgehead atoms. The first-order valence-corrected chi connectivity index (χ1v) is 12.9. The number of ether oxygens (including phenoxy) is 2. The predicted molar refractivity (Wildman–Crippen MR) is 143 cm³/mol. The standard InChI is InChI=1S/C28H28FN3O4S/c1-5-35-26(33)23-16(3)30-17(4)24(27(34)36-6-2)25(23)19-8-7-9-21(14-19)31-28-32-22(15-37-28)18-10-12-20(29)13-11-18/h7-15,23,25H,5-6H2,1-4H3,(H,31,32). The minimum atomic E-state index is -0.761. The molecule has 1 aromatic heterocycles. The summed E-state index contributed by atoms with van der Waals surface area (Å²) < 4.78 is 24.0. The van der Waals surface area contributed by atoms with Crippen molar-refractivity contribution in [3.8, 4) is 11.3 Å². The second-order valence-corrected chi connectivity index (χ2v) is 9.33. The van der Waals surface area contributed by atoms with E-state index in [-0.39, 0.29) is 19.0 Å². The molecule has 1 aliphatic heterocycles. The van der Waals surface area contributed by atoms with Gasteiger partial charge in [0.2, 0.25) is 0 Å². The molecular weight excluding hydrogens is 493 g/mol. The van der Waals surface area contributed by atoms with Crippen LogP contribution in [0.2, 0.25) is 0 Å². The Morgan fingerprint density at radius 2 is 1.78 bits per heavy atom. The molecule has 0 fully saturated rings. The largest absolute Gasteiger partial charge is 0.465 e. The molecular formula is C28H28FN3O4S. The number of aliphatic imine (C=N–C) groups is 1. The molecule has 1 aliphatic rings. The van der Waals surface area contributed by atoms with E-state index in [9.17, 15) is 14.0 Å². The lowest BCUT2D eigenvalue weighted by Gasteiger charge is -2.31. The lowest BCUT2D eigenvalue weighted by atomic mass is 9.75. The van der Waals surface area contributed by atoms with Gasteiger partial charge in [0.25, 0.3) is 0 Å². The van der Waals surface area contributed by atoms with Gasteiger partial charge in [0.1, 0.15) is 11.7 Å². The van der Waals surface area contributed by atoms with Crippen LogP contribution in [0.5, 0.6) is 0 Å². The third kappa shape index (κ3) is 5.77. The van der Waals surface area contributed by atoms with Crippen LogP contribution in [0.3, 0.4) is 0 Å². The first-order chi connectivity index (χ1) is 17.8. The van der Waals surface area contributed by atoms with Gasteiger partial charge in [-0.15, -0.1) is 11.3 Å². The van der Waals surface area contributed by atoms with Gasteiger partial charge in [0.15, 0.2) is 5.13 Å². The van der Waals surface area contributed by atoms with Crippen molar-refractivity contribution in [3.63, 3.8) is 0 Å². The Labute approximate surface area is 219 Å². The summed E-state index contributed by atoms with van der Waals surface area (Å²) in [5, 5.41) is 5.84. The SMILES string of the molecule is CCOC(=O)C1=C(C)N=C(C)C(C(=O)OCC)C1c1cccc(Nc2nc(-c3ccc(F)cc3)cs2)c1. The molecule has 2 unspecified atom stereocenters. The highest BCUT2D eigenvalue weighted by Crippen LogP contribution is 2.41. The van der Waals surface area contributed by atoms with Gasteiger partial charge in [-0.2, -0.15) is 0 Å². The minimum Gasteiger partial charge on any atom is -0.465 e. The summed E-state index contributed by atoms with van der Waals surface area (Å²) in [6.07, 6.45) is 0. The Morgan fingerprint density at radius 3 is 2.49 bits per heavy atom. The van der Waals surface area contributed by atoms with Gasteiger partial charge in [-0.05, 0) is 69.7 Å². The molecule has 7 nitrogen and oxygen atoms in total. The van der Waals surface area contributed by atoms with E-state index in [0.717, 1.165) is 22.5 Å². The average molecular weight is 522 g/mol. The van der Waals surface area contributed by atoms with Crippen LogP contribution in [0.15, 0.2) is 70.2 Å². The van der Waals surface area contributed by atoms with Gasteiger partial charge >= 0.3 is 11.9 Å². The van der Waals surface area contributed by atoms with E-state index in [4.69, 9.17) is 9.47 Å². The number of carbonyl (C=O) groups excluding carboxylic acids is 2. The fourth-order valence-corrected chi connectivity index (χ4v) is 5.17. The molecule has 37 heavy (non-hydrogen) atoms. The molecule has 0 spiro atoms. The first kappa shape index (κ1) is 26.2. The van der Waals surface area contributed by atoms with Crippen LogP contribution in [0, 0.1) is 11.7 Å². The van der Waals surface area contributed by atoms with Crippen molar-refractivity contribution in [2.75, 3.05) is 18.5 Å². The number of hydrogen-bond donors (Lipinski definition) is 1. The zero-order chi connectivity index (χ0) is 26.5. The molecule has 2 aromatic carbocycles. The summed E-state index contributed by atoms with van der Waals surface area (Å²) in [6, 6.07) is 13.7. The number of thiazole rings is 1. The van der Waals surface area contributed by atoms with E-state index >= 15 is 0 Å². The Hall–Kier alpha value is -3.85. The van der Waals surface area contributed by atoms with E-state index in [1.807, 2.05) is 29.6 Å². The molecule has 2 atom stereocenters. The van der Waals surface area contributed by atoms with Crippen molar-refractivity contribution in [1.29, 1.82) is 0 Å². The van der Waals surface area contributed by atoms with Gasteiger partial charge in [-0.1, -0.05) is 12.1 Å². The molecule has 0 saturated heterocycles. The zero-order valence-corrected chi connectivity index (χ0v) is 21.9. The first-order valence-electron chi connectivity index (χ1n) is 12.0. The summed E-state index contributed by atoms with van der Waals surface area (Å²) in [5.74, 6) is -2.63. The second-order valence-electron chi connectivity index (χ2n) is 8.48. The van der Waals surface area contributed by atoms with Crippen LogP contribution in [0.1, 0.15) is 39.2 Å². The Bertz CT molecular complexity index is 1360. The normalized spacial score (nSPS) is 17.3. The van der Waals surface area contributed by atoms with Crippen LogP contribution in [-0.4, -0.2) is 35.8 Å². The van der Waals surface area contributed by atoms with Gasteiger partial charge in [-0.25, -0.2) is 14.2 Å². The fraction of sp³-hybridized carbons (Fsp3) is 0.286. The number of rotatable bonds is 8. The number of esters is 2. The molecule has 0 saturated carbocycles. The van der Waals surface area contributed by atoms with Crippen LogP contribution in [-0.2, 0) is 19.1 Å². The van der Waals surface area contributed by atoms with Crippen molar-refractivity contribution in [3.05, 3.63) is 76.6 Å². The number of nitrogens with one attached hydrogen (secondary N) is 1. The number of benzene rings is 2. The zero-order valence-electron chi connectivity index (χ0n) is 21.1. The molecule has 0 radical (unpaired) electrons. The van der Waals surface area contributed by atoms with Gasteiger partial charge in [0, 0.05) is 34.0 Å². The van der Waals surface area contributed by atoms with E-state index in [0.29, 0.717) is 22.1 Å². The molecule has 3 aromatic rings. The maximum Gasteiger partial charge on any atom is 0.336 e. The summed E-state index contributed by atoms with van der Waals surface area (Å²) in [6.45, 7) is 7.43. The third-order valence-electron chi connectivity index (χ3n) is 6.01. The van der Waals surface area contributed by atoms with E-state index in [2.05, 4.69) is 15.3 Å². The highest BCUT2D eigenvalue weighted by atomic mass is 32.1. The average Bonchev–Trinajstić information content (AvgIpc) is 3.32. The molecule has 192 valence electrons. The predicted octanol–water partition coefficient (Wildman–Crippen LogP) is 6.27. The summed E-state index contributed by atoms with van der Waals surface area (Å²) in [7, 11) is 0. The summed E-state index contributed by atoms with van der Waals surface area (Å²) in [5.41, 5.74) is 4.47. The molecule has 1 N–H and O–H groups in total. The molecule has 0 amide bonds. The van der Waals surface area contributed by atoms with E-state index in [1.54, 1.807) is 39.8 Å². The van der Waals surface area contributed by atoms with Crippen LogP contribution < -0.4 is 5.32 Å². The van der Waals surface area contributed by atoms with Crippen LogP contribution in [0.25, 0.3) is 11.3 Å². The van der Waals surface area contributed by atoms with Crippen LogP contribution >= 0.6 is 11.3 Å². The topological polar surface area (TPSA) is 89.9 Å². The number of halogens is 1. The van der Waals surface area contributed by atoms with Gasteiger partial charge < -0.3 is 14.8 Å². The second kappa shape index (κ2) is 11.5. The Balaban J connectivity index is 1.68. The smallest absolute Gasteiger partial charge is 0.336 e. The summed E-state index contributed by atoms with van der Waals surface area (Å²) in [4.78, 5) is 35.2.